The van der Waals surface area contributed by atoms with Crippen LogP contribution in [0.4, 0.5) is 0 Å². The fourth-order valence-corrected chi connectivity index (χ4v) is 1.17. The summed E-state index contributed by atoms with van der Waals surface area (Å²) in [4.78, 5) is 0. The molecule has 1 aromatic rings. The van der Waals surface area contributed by atoms with Gasteiger partial charge in [0.1, 0.15) is 0 Å². The van der Waals surface area contributed by atoms with Crippen LogP contribution >= 0.6 is 0 Å². The van der Waals surface area contributed by atoms with Crippen LogP contribution in [0.2, 0.25) is 0 Å². The van der Waals surface area contributed by atoms with Gasteiger partial charge < -0.3 is 5.32 Å². The lowest BCUT2D eigenvalue weighted by Crippen LogP contribution is -2.17. The van der Waals surface area contributed by atoms with E-state index in [1.807, 2.05) is 6.07 Å². The molecule has 0 spiro atoms. The molecule has 0 amide bonds. The van der Waals surface area contributed by atoms with Gasteiger partial charge in [0.15, 0.2) is 0 Å². The first-order chi connectivity index (χ1) is 5.34. The van der Waals surface area contributed by atoms with Crippen molar-refractivity contribution in [1.82, 2.24) is 5.32 Å². The van der Waals surface area contributed by atoms with Crippen molar-refractivity contribution in [2.24, 2.45) is 0 Å². The van der Waals surface area contributed by atoms with Crippen LogP contribution in [0.25, 0.3) is 0 Å². The third-order valence-corrected chi connectivity index (χ3v) is 1.81. The zero-order valence-corrected chi connectivity index (χ0v) is 7.17. The van der Waals surface area contributed by atoms with Crippen molar-refractivity contribution in [2.45, 2.75) is 19.9 Å². The van der Waals surface area contributed by atoms with Crippen molar-refractivity contribution < 1.29 is 0 Å². The van der Waals surface area contributed by atoms with E-state index < -0.39 is 0 Å². The first-order valence-electron chi connectivity index (χ1n) is 4.13. The maximum atomic E-state index is 3.36. The SMILES string of the molecule is CCN[C@@H](C)c1ccccc1. The molecular weight excluding hydrogens is 134 g/mol. The summed E-state index contributed by atoms with van der Waals surface area (Å²) in [5.74, 6) is 0. The minimum absolute atomic E-state index is 0.473. The predicted octanol–water partition coefficient (Wildman–Crippen LogP) is 2.36. The summed E-state index contributed by atoms with van der Waals surface area (Å²) < 4.78 is 0. The minimum atomic E-state index is 0.473. The lowest BCUT2D eigenvalue weighted by molar-refractivity contribution is 0.598. The Morgan fingerprint density at radius 3 is 2.45 bits per heavy atom. The highest BCUT2D eigenvalue weighted by Crippen LogP contribution is 2.09. The van der Waals surface area contributed by atoms with Crippen molar-refractivity contribution in [3.8, 4) is 0 Å². The van der Waals surface area contributed by atoms with E-state index in [2.05, 4.69) is 43.4 Å². The van der Waals surface area contributed by atoms with Crippen LogP contribution in [0.3, 0.4) is 0 Å². The third kappa shape index (κ3) is 2.35. The molecule has 11 heavy (non-hydrogen) atoms. The van der Waals surface area contributed by atoms with Crippen LogP contribution in [0.1, 0.15) is 25.5 Å². The van der Waals surface area contributed by atoms with E-state index >= 15 is 0 Å². The Balaban J connectivity index is 2.61. The Bertz CT molecular complexity index is 193. The highest BCUT2D eigenvalue weighted by molar-refractivity contribution is 5.17. The van der Waals surface area contributed by atoms with Gasteiger partial charge in [0.2, 0.25) is 0 Å². The summed E-state index contributed by atoms with van der Waals surface area (Å²) in [6.07, 6.45) is 0. The van der Waals surface area contributed by atoms with Crippen LogP contribution in [-0.2, 0) is 0 Å². The molecule has 1 nitrogen and oxygen atoms in total. The number of benzene rings is 1. The van der Waals surface area contributed by atoms with E-state index in [-0.39, 0.29) is 0 Å². The molecule has 0 saturated carbocycles. The van der Waals surface area contributed by atoms with E-state index in [1.165, 1.54) is 5.56 Å². The van der Waals surface area contributed by atoms with Gasteiger partial charge in [-0.1, -0.05) is 37.3 Å². The van der Waals surface area contributed by atoms with Crippen LogP contribution < -0.4 is 5.32 Å². The second-order valence-electron chi connectivity index (χ2n) is 2.69. The first-order valence-corrected chi connectivity index (χ1v) is 4.13. The molecule has 1 heteroatoms. The van der Waals surface area contributed by atoms with Gasteiger partial charge in [-0.05, 0) is 19.0 Å². The van der Waals surface area contributed by atoms with Gasteiger partial charge >= 0.3 is 0 Å². The predicted molar refractivity (Wildman–Crippen MR) is 48.5 cm³/mol. The zero-order valence-electron chi connectivity index (χ0n) is 7.17. The Labute approximate surface area is 68.4 Å². The van der Waals surface area contributed by atoms with Crippen LogP contribution in [0.15, 0.2) is 30.3 Å². The normalized spacial score (nSPS) is 12.9. The molecule has 0 heterocycles. The van der Waals surface area contributed by atoms with E-state index in [0.717, 1.165) is 6.54 Å². The van der Waals surface area contributed by atoms with Gasteiger partial charge in [-0.2, -0.15) is 0 Å². The van der Waals surface area contributed by atoms with E-state index in [1.54, 1.807) is 0 Å². The summed E-state index contributed by atoms with van der Waals surface area (Å²) in [5, 5.41) is 3.36. The standard InChI is InChI=1S/C10H15N/c1-3-11-9(2)10-7-5-4-6-8-10/h4-9,11H,3H2,1-2H3/t9-/m0/s1. The van der Waals surface area contributed by atoms with Gasteiger partial charge in [-0.3, -0.25) is 0 Å². The molecule has 0 aliphatic rings. The number of nitrogens with one attached hydrogen (secondary N) is 1. The zero-order chi connectivity index (χ0) is 8.10. The Morgan fingerprint density at radius 2 is 1.91 bits per heavy atom. The van der Waals surface area contributed by atoms with Crippen LogP contribution in [-0.4, -0.2) is 6.54 Å². The number of hydrogen-bond acceptors (Lipinski definition) is 1. The average molecular weight is 149 g/mol. The smallest absolute Gasteiger partial charge is 0.0291 e. The van der Waals surface area contributed by atoms with E-state index in [4.69, 9.17) is 0 Å². The van der Waals surface area contributed by atoms with Crippen molar-refractivity contribution in [3.63, 3.8) is 0 Å². The van der Waals surface area contributed by atoms with Crippen molar-refractivity contribution in [1.29, 1.82) is 0 Å². The molecule has 1 rings (SSSR count). The van der Waals surface area contributed by atoms with Crippen molar-refractivity contribution >= 4 is 0 Å². The van der Waals surface area contributed by atoms with Crippen LogP contribution in [0.5, 0.6) is 0 Å². The highest BCUT2D eigenvalue weighted by atomic mass is 14.9. The quantitative estimate of drug-likeness (QED) is 0.695. The van der Waals surface area contributed by atoms with Crippen molar-refractivity contribution in [3.05, 3.63) is 35.9 Å². The molecule has 60 valence electrons. The van der Waals surface area contributed by atoms with Crippen molar-refractivity contribution in [2.75, 3.05) is 6.54 Å². The molecular formula is C10H15N. The van der Waals surface area contributed by atoms with Gasteiger partial charge in [0, 0.05) is 6.04 Å². The number of rotatable bonds is 3. The molecule has 1 atom stereocenters. The molecule has 1 N–H and O–H groups in total. The molecule has 0 aromatic heterocycles. The summed E-state index contributed by atoms with van der Waals surface area (Å²) in [6, 6.07) is 11.0. The van der Waals surface area contributed by atoms with Gasteiger partial charge in [-0.15, -0.1) is 0 Å². The second kappa shape index (κ2) is 4.14. The highest BCUT2D eigenvalue weighted by Gasteiger charge is 1.99. The minimum Gasteiger partial charge on any atom is -0.310 e. The fourth-order valence-electron chi connectivity index (χ4n) is 1.17. The molecule has 0 saturated heterocycles. The molecule has 0 radical (unpaired) electrons. The monoisotopic (exact) mass is 149 g/mol. The topological polar surface area (TPSA) is 12.0 Å². The summed E-state index contributed by atoms with van der Waals surface area (Å²) in [7, 11) is 0. The molecule has 0 fully saturated rings. The second-order valence-corrected chi connectivity index (χ2v) is 2.69. The third-order valence-electron chi connectivity index (χ3n) is 1.81. The molecule has 0 aliphatic carbocycles. The van der Waals surface area contributed by atoms with E-state index in [0.29, 0.717) is 6.04 Å². The Morgan fingerprint density at radius 1 is 1.27 bits per heavy atom. The Hall–Kier alpha value is -0.820. The maximum absolute atomic E-state index is 3.36. The average Bonchev–Trinajstić information content (AvgIpc) is 2.07. The van der Waals surface area contributed by atoms with Crippen LogP contribution in [0, 0.1) is 0 Å². The fraction of sp³-hybridized carbons (Fsp3) is 0.400. The van der Waals surface area contributed by atoms with E-state index in [9.17, 15) is 0 Å². The summed E-state index contributed by atoms with van der Waals surface area (Å²) >= 11 is 0. The molecule has 0 aliphatic heterocycles. The maximum Gasteiger partial charge on any atom is 0.0291 e. The summed E-state index contributed by atoms with van der Waals surface area (Å²) in [5.41, 5.74) is 1.36. The molecule has 0 unspecified atom stereocenters. The summed E-state index contributed by atoms with van der Waals surface area (Å²) in [6.45, 7) is 5.33. The largest absolute Gasteiger partial charge is 0.310 e. The van der Waals surface area contributed by atoms with Gasteiger partial charge in [0.05, 0.1) is 0 Å². The lowest BCUT2D eigenvalue weighted by Gasteiger charge is -2.11. The number of hydrogen-bond donors (Lipinski definition) is 1. The van der Waals surface area contributed by atoms with Gasteiger partial charge in [-0.25, -0.2) is 0 Å². The molecule has 0 bridgehead atoms. The van der Waals surface area contributed by atoms with Gasteiger partial charge in [0.25, 0.3) is 0 Å². The molecule has 1 aromatic carbocycles. The first kappa shape index (κ1) is 8.28. The lowest BCUT2D eigenvalue weighted by atomic mass is 10.1. The Kier molecular flexibility index (Phi) is 3.12.